The molecule has 2 fully saturated rings. The summed E-state index contributed by atoms with van der Waals surface area (Å²) in [4.78, 5) is 12.2. The van der Waals surface area contributed by atoms with Gasteiger partial charge in [-0.25, -0.2) is 16.8 Å². The molecule has 164 valence electrons. The molecule has 0 aliphatic heterocycles. The number of fused-ring (bicyclic) bond motifs is 2. The third kappa shape index (κ3) is 4.26. The minimum absolute atomic E-state index is 0.00156. The van der Waals surface area contributed by atoms with E-state index in [9.17, 15) is 48.0 Å². The molecule has 2 saturated carbocycles. The molecule has 2 aliphatic rings. The Bertz CT molecular complexity index is 772. The van der Waals surface area contributed by atoms with Gasteiger partial charge in [-0.1, -0.05) is 6.42 Å². The fourth-order valence-corrected chi connectivity index (χ4v) is 7.49. The minimum atomic E-state index is -6.74. The van der Waals surface area contributed by atoms with Gasteiger partial charge in [0.25, 0.3) is 19.7 Å². The second-order valence-electron chi connectivity index (χ2n) is 7.18. The van der Waals surface area contributed by atoms with Crippen LogP contribution in [-0.4, -0.2) is 44.5 Å². The molecule has 0 heterocycles. The summed E-state index contributed by atoms with van der Waals surface area (Å²) in [6.45, 7) is 0.857. The maximum Gasteiger partial charge on any atom is 0.498 e. The summed E-state index contributed by atoms with van der Waals surface area (Å²) in [5.41, 5.74) is -12.5. The molecule has 0 saturated heterocycles. The van der Waals surface area contributed by atoms with Crippen molar-refractivity contribution in [2.45, 2.75) is 60.7 Å². The summed E-state index contributed by atoms with van der Waals surface area (Å²) in [7, 11) is -13.5. The molecule has 14 heteroatoms. The highest BCUT2D eigenvalue weighted by molar-refractivity contribution is 8.09. The Balaban J connectivity index is 2.21. The van der Waals surface area contributed by atoms with Gasteiger partial charge in [-0.3, -0.25) is 4.79 Å². The van der Waals surface area contributed by atoms with Crippen LogP contribution in [0.2, 0.25) is 0 Å². The van der Waals surface area contributed by atoms with E-state index >= 15 is 0 Å². The lowest BCUT2D eigenvalue weighted by Crippen LogP contribution is -2.46. The Morgan fingerprint density at radius 2 is 1.46 bits per heavy atom. The highest BCUT2D eigenvalue weighted by Gasteiger charge is 2.63. The topological polar surface area (TPSA) is 94.6 Å². The van der Waals surface area contributed by atoms with Gasteiger partial charge in [-0.2, -0.15) is 26.3 Å². The Morgan fingerprint density at radius 1 is 0.964 bits per heavy atom. The summed E-state index contributed by atoms with van der Waals surface area (Å²) in [5.74, 6) is -1.15. The van der Waals surface area contributed by atoms with E-state index in [2.05, 4.69) is 0 Å². The summed E-state index contributed by atoms with van der Waals surface area (Å²) in [6, 6.07) is 0. The molecule has 0 aromatic heterocycles. The zero-order chi connectivity index (χ0) is 21.7. The number of rotatable bonds is 6. The Morgan fingerprint density at radius 3 is 1.82 bits per heavy atom. The maximum atomic E-state index is 12.7. The van der Waals surface area contributed by atoms with Crippen molar-refractivity contribution >= 4 is 25.6 Å². The van der Waals surface area contributed by atoms with E-state index < -0.39 is 59.7 Å². The van der Waals surface area contributed by atoms with Crippen LogP contribution in [0.5, 0.6) is 0 Å². The lowest BCUT2D eigenvalue weighted by molar-refractivity contribution is -0.155. The number of hydrogen-bond donors (Lipinski definition) is 0. The zero-order valence-electron chi connectivity index (χ0n) is 14.5. The van der Waals surface area contributed by atoms with E-state index in [1.54, 1.807) is 0 Å². The van der Waals surface area contributed by atoms with Gasteiger partial charge >= 0.3 is 17.0 Å². The monoisotopic (exact) mass is 460 g/mol. The van der Waals surface area contributed by atoms with Crippen molar-refractivity contribution in [1.82, 2.24) is 0 Å². The molecule has 4 atom stereocenters. The van der Waals surface area contributed by atoms with Crippen molar-refractivity contribution in [2.75, 3.05) is 0 Å². The van der Waals surface area contributed by atoms with Gasteiger partial charge < -0.3 is 4.74 Å². The summed E-state index contributed by atoms with van der Waals surface area (Å²) in [5, 5.41) is 0. The first kappa shape index (κ1) is 23.2. The molecule has 0 aromatic carbocycles. The zero-order valence-corrected chi connectivity index (χ0v) is 16.1. The molecule has 28 heavy (non-hydrogen) atoms. The van der Waals surface area contributed by atoms with Crippen molar-refractivity contribution in [1.29, 1.82) is 0 Å². The van der Waals surface area contributed by atoms with Gasteiger partial charge in [-0.15, -0.1) is 0 Å². The van der Waals surface area contributed by atoms with Crippen molar-refractivity contribution in [3.63, 3.8) is 0 Å². The van der Waals surface area contributed by atoms with Gasteiger partial charge in [0.15, 0.2) is 4.58 Å². The highest BCUT2D eigenvalue weighted by Crippen LogP contribution is 2.49. The molecule has 2 rings (SSSR count). The average molecular weight is 460 g/mol. The molecule has 0 aromatic rings. The predicted octanol–water partition coefficient (Wildman–Crippen LogP) is 2.94. The van der Waals surface area contributed by atoms with Gasteiger partial charge in [0.1, 0.15) is 6.10 Å². The first-order chi connectivity index (χ1) is 12.5. The van der Waals surface area contributed by atoms with Crippen LogP contribution in [0.25, 0.3) is 0 Å². The minimum Gasteiger partial charge on any atom is -0.462 e. The largest absolute Gasteiger partial charge is 0.498 e. The molecule has 4 unspecified atom stereocenters. The van der Waals surface area contributed by atoms with Crippen LogP contribution in [0.15, 0.2) is 0 Å². The van der Waals surface area contributed by atoms with Crippen molar-refractivity contribution in [3.8, 4) is 0 Å². The van der Waals surface area contributed by atoms with Crippen LogP contribution in [0.1, 0.15) is 39.0 Å². The molecule has 6 nitrogen and oxygen atoms in total. The van der Waals surface area contributed by atoms with Gasteiger partial charge in [0.05, 0.1) is 5.92 Å². The fourth-order valence-electron chi connectivity index (χ4n) is 3.86. The molecule has 0 N–H and O–H groups in total. The number of ether oxygens (including phenoxy) is 1. The van der Waals surface area contributed by atoms with Crippen LogP contribution in [0.4, 0.5) is 26.3 Å². The van der Waals surface area contributed by atoms with Crippen LogP contribution in [0.3, 0.4) is 0 Å². The van der Waals surface area contributed by atoms with Crippen LogP contribution < -0.4 is 0 Å². The summed E-state index contributed by atoms with van der Waals surface area (Å²) >= 11 is 0. The second kappa shape index (κ2) is 7.33. The number of carbonyl (C=O) groups excluding carboxylic acids is 1. The van der Waals surface area contributed by atoms with E-state index in [1.807, 2.05) is 0 Å². The Labute approximate surface area is 157 Å². The van der Waals surface area contributed by atoms with E-state index in [0.29, 0.717) is 12.3 Å². The first-order valence-corrected chi connectivity index (χ1v) is 11.4. The number of esters is 1. The first-order valence-electron chi connectivity index (χ1n) is 8.29. The highest BCUT2D eigenvalue weighted by atomic mass is 32.3. The standard InChI is InChI=1S/C14H18F6O6S2/c1-7(26-12(21)10-6-8-2-3-9(10)5-8)4-11(27(22,23)13(15,16)17)28(24,25)14(18,19)20/h7-11H,2-6H2,1H3. The Hall–Kier alpha value is -1.05. The van der Waals surface area contributed by atoms with E-state index in [0.717, 1.165) is 26.2 Å². The molecule has 0 radical (unpaired) electrons. The van der Waals surface area contributed by atoms with Crippen LogP contribution in [-0.2, 0) is 29.2 Å². The summed E-state index contributed by atoms with van der Waals surface area (Å²) < 4.78 is 123. The van der Waals surface area contributed by atoms with Gasteiger partial charge in [0, 0.05) is 6.42 Å². The smallest absolute Gasteiger partial charge is 0.462 e. The van der Waals surface area contributed by atoms with Crippen molar-refractivity contribution in [3.05, 3.63) is 0 Å². The van der Waals surface area contributed by atoms with Gasteiger partial charge in [-0.05, 0) is 38.0 Å². The lowest BCUT2D eigenvalue weighted by Gasteiger charge is -2.25. The molecular weight excluding hydrogens is 442 g/mol. The second-order valence-corrected chi connectivity index (χ2v) is 11.7. The quantitative estimate of drug-likeness (QED) is 0.447. The molecular formula is C14H18F6O6S2. The van der Waals surface area contributed by atoms with Crippen LogP contribution in [0, 0.1) is 17.8 Å². The predicted molar refractivity (Wildman–Crippen MR) is 82.8 cm³/mol. The fraction of sp³-hybridized carbons (Fsp3) is 0.929. The maximum absolute atomic E-state index is 12.7. The van der Waals surface area contributed by atoms with E-state index in [1.165, 1.54) is 0 Å². The lowest BCUT2D eigenvalue weighted by atomic mass is 9.89. The number of sulfone groups is 2. The average Bonchev–Trinajstić information content (AvgIpc) is 3.12. The number of alkyl halides is 6. The molecule has 2 aliphatic carbocycles. The number of carbonyl (C=O) groups is 1. The van der Waals surface area contributed by atoms with E-state index in [-0.39, 0.29) is 5.92 Å². The summed E-state index contributed by atoms with van der Waals surface area (Å²) in [6.07, 6.45) is -0.573. The van der Waals surface area contributed by atoms with Crippen molar-refractivity contribution < 1.29 is 52.7 Å². The van der Waals surface area contributed by atoms with Crippen LogP contribution >= 0.6 is 0 Å². The van der Waals surface area contributed by atoms with E-state index in [4.69, 9.17) is 4.74 Å². The number of hydrogen-bond acceptors (Lipinski definition) is 6. The van der Waals surface area contributed by atoms with Crippen molar-refractivity contribution in [2.24, 2.45) is 17.8 Å². The third-order valence-electron chi connectivity index (χ3n) is 5.22. The molecule has 0 spiro atoms. The van der Waals surface area contributed by atoms with Gasteiger partial charge in [0.2, 0.25) is 0 Å². The normalized spacial score (nSPS) is 27.2. The SMILES string of the molecule is CC(CC(S(=O)(=O)C(F)(F)F)S(=O)(=O)C(F)(F)F)OC(=O)C1CC2CCC1C2. The molecule has 2 bridgehead atoms. The Kier molecular flexibility index (Phi) is 6.08. The third-order valence-corrected chi connectivity index (χ3v) is 9.80. The number of halogens is 6. The molecule has 0 amide bonds.